The van der Waals surface area contributed by atoms with Crippen LogP contribution in [0.15, 0.2) is 12.2 Å². The van der Waals surface area contributed by atoms with E-state index in [4.69, 9.17) is 23.5 Å². The molecule has 1 aliphatic rings. The van der Waals surface area contributed by atoms with Gasteiger partial charge in [0.25, 0.3) is 0 Å². The minimum absolute atomic E-state index is 0.0392. The molecule has 6 unspecified atom stereocenters. The van der Waals surface area contributed by atoms with Gasteiger partial charge >= 0.3 is 16.4 Å². The first-order valence-corrected chi connectivity index (χ1v) is 24.8. The number of rotatable bonds is 41. The fourth-order valence-electron chi connectivity index (χ4n) is 7.32. The van der Waals surface area contributed by atoms with Crippen molar-refractivity contribution in [3.63, 3.8) is 0 Å². The maximum Gasteiger partial charge on any atom is 0.397 e. The summed E-state index contributed by atoms with van der Waals surface area (Å²) >= 11 is 0. The molecular formula is C45H86O12S. The number of ether oxygens (including phenoxy) is 4. The number of allylic oxidation sites excluding steroid dienone is 2. The molecule has 0 aromatic carbocycles. The monoisotopic (exact) mass is 851 g/mol. The molecule has 12 nitrogen and oxygen atoms in total. The molecule has 0 bridgehead atoms. The molecule has 6 atom stereocenters. The average molecular weight is 851 g/mol. The van der Waals surface area contributed by atoms with Crippen molar-refractivity contribution in [3.8, 4) is 0 Å². The summed E-state index contributed by atoms with van der Waals surface area (Å²) in [5.41, 5.74) is 0. The first kappa shape index (κ1) is 54.9. The Bertz CT molecular complexity index is 1070. The summed E-state index contributed by atoms with van der Waals surface area (Å²) in [5, 5.41) is 30.6. The summed E-state index contributed by atoms with van der Waals surface area (Å²) in [6.07, 6.45) is 31.0. The van der Waals surface area contributed by atoms with Gasteiger partial charge in [-0.3, -0.25) is 9.35 Å². The lowest BCUT2D eigenvalue weighted by atomic mass is 9.99. The number of aliphatic hydroxyl groups excluding tert-OH is 3. The molecule has 0 amide bonds. The van der Waals surface area contributed by atoms with Crippen molar-refractivity contribution in [2.75, 3.05) is 26.4 Å². The topological polar surface area (TPSA) is 178 Å². The van der Waals surface area contributed by atoms with Crippen molar-refractivity contribution in [2.45, 2.75) is 243 Å². The maximum atomic E-state index is 12.8. The van der Waals surface area contributed by atoms with E-state index in [2.05, 4.69) is 30.2 Å². The number of esters is 1. The minimum atomic E-state index is -5.06. The Morgan fingerprint density at radius 1 is 0.638 bits per heavy atom. The molecule has 1 saturated heterocycles. The van der Waals surface area contributed by atoms with Crippen LogP contribution in [0.4, 0.5) is 0 Å². The minimum Gasteiger partial charge on any atom is -0.457 e. The SMILES string of the molecule is CCCCCCCCC/C=C\CCCCCCCCCCOCC(COC1OC(CO)C(O)C(OS(=O)(=O)O)C1O)OC(=O)CCCCCCCCCCCCCC. The standard InChI is InChI=1S/C45H86O12S/c1-3-5-7-9-11-13-15-17-18-19-20-21-22-23-25-27-29-31-33-35-53-37-39(55-41(47)34-32-30-28-26-24-16-14-12-10-8-6-4-2)38-54-45-43(49)44(57-58(50,51)52)42(48)40(36-46)56-45/h18-19,39-40,42-46,48-49H,3-17,20-38H2,1-2H3,(H,50,51,52)/b19-18-. The highest BCUT2D eigenvalue weighted by atomic mass is 32.3. The summed E-state index contributed by atoms with van der Waals surface area (Å²) in [7, 11) is -5.06. The van der Waals surface area contributed by atoms with E-state index < -0.39 is 59.8 Å². The fraction of sp³-hybridized carbons (Fsp3) is 0.933. The molecular weight excluding hydrogens is 765 g/mol. The molecule has 0 aromatic heterocycles. The predicted octanol–water partition coefficient (Wildman–Crippen LogP) is 9.86. The van der Waals surface area contributed by atoms with Crippen LogP contribution in [-0.4, -0.2) is 97.5 Å². The van der Waals surface area contributed by atoms with Crippen LogP contribution in [0, 0.1) is 0 Å². The normalized spacial score (nSPS) is 20.6. The molecule has 0 aliphatic carbocycles. The summed E-state index contributed by atoms with van der Waals surface area (Å²) in [4.78, 5) is 12.8. The fourth-order valence-corrected chi connectivity index (χ4v) is 7.82. The molecule has 0 saturated carbocycles. The quantitative estimate of drug-likeness (QED) is 0.0198. The lowest BCUT2D eigenvalue weighted by Crippen LogP contribution is -2.60. The van der Waals surface area contributed by atoms with Crippen molar-refractivity contribution in [2.24, 2.45) is 0 Å². The van der Waals surface area contributed by atoms with Gasteiger partial charge < -0.3 is 34.3 Å². The van der Waals surface area contributed by atoms with Crippen molar-refractivity contribution < 1.29 is 56.2 Å². The van der Waals surface area contributed by atoms with Gasteiger partial charge in [-0.05, 0) is 38.5 Å². The molecule has 1 heterocycles. The molecule has 0 spiro atoms. The van der Waals surface area contributed by atoms with Gasteiger partial charge in [-0.1, -0.05) is 174 Å². The summed E-state index contributed by atoms with van der Waals surface area (Å²) in [6, 6.07) is 0. The number of carbonyl (C=O) groups excluding carboxylic acids is 1. The van der Waals surface area contributed by atoms with Crippen LogP contribution < -0.4 is 0 Å². The Kier molecular flexibility index (Phi) is 35.6. The first-order chi connectivity index (χ1) is 28.1. The highest BCUT2D eigenvalue weighted by Crippen LogP contribution is 2.26. The van der Waals surface area contributed by atoms with Crippen LogP contribution in [0.5, 0.6) is 0 Å². The zero-order valence-electron chi connectivity index (χ0n) is 36.6. The Morgan fingerprint density at radius 2 is 1.09 bits per heavy atom. The van der Waals surface area contributed by atoms with E-state index in [1.165, 1.54) is 141 Å². The van der Waals surface area contributed by atoms with Crippen molar-refractivity contribution in [3.05, 3.63) is 12.2 Å². The first-order valence-electron chi connectivity index (χ1n) is 23.4. The molecule has 0 radical (unpaired) electrons. The van der Waals surface area contributed by atoms with Crippen LogP contribution in [0.2, 0.25) is 0 Å². The Morgan fingerprint density at radius 3 is 1.55 bits per heavy atom. The van der Waals surface area contributed by atoms with Gasteiger partial charge in [0.15, 0.2) is 6.29 Å². The summed E-state index contributed by atoms with van der Waals surface area (Å²) < 4.78 is 59.0. The predicted molar refractivity (Wildman–Crippen MR) is 230 cm³/mol. The molecule has 1 fully saturated rings. The van der Waals surface area contributed by atoms with Crippen LogP contribution in [0.3, 0.4) is 0 Å². The number of hydrogen-bond acceptors (Lipinski definition) is 11. The molecule has 344 valence electrons. The third-order valence-electron chi connectivity index (χ3n) is 10.9. The van der Waals surface area contributed by atoms with Crippen LogP contribution >= 0.6 is 0 Å². The Hall–Kier alpha value is -1.16. The van der Waals surface area contributed by atoms with E-state index in [0.29, 0.717) is 13.0 Å². The highest BCUT2D eigenvalue weighted by molar-refractivity contribution is 7.80. The van der Waals surface area contributed by atoms with E-state index >= 15 is 0 Å². The number of unbranched alkanes of at least 4 members (excludes halogenated alkanes) is 26. The highest BCUT2D eigenvalue weighted by Gasteiger charge is 2.48. The smallest absolute Gasteiger partial charge is 0.397 e. The largest absolute Gasteiger partial charge is 0.457 e. The molecule has 0 aromatic rings. The second-order valence-electron chi connectivity index (χ2n) is 16.4. The number of aliphatic hydroxyl groups is 3. The van der Waals surface area contributed by atoms with E-state index in [0.717, 1.165) is 38.5 Å². The second kappa shape index (κ2) is 37.6. The Labute approximate surface area is 353 Å². The van der Waals surface area contributed by atoms with Crippen LogP contribution in [0.1, 0.15) is 206 Å². The maximum absolute atomic E-state index is 12.8. The van der Waals surface area contributed by atoms with Gasteiger partial charge in [-0.25, -0.2) is 4.18 Å². The molecule has 58 heavy (non-hydrogen) atoms. The number of carbonyl (C=O) groups is 1. The van der Waals surface area contributed by atoms with Crippen molar-refractivity contribution >= 4 is 16.4 Å². The van der Waals surface area contributed by atoms with E-state index in [1.54, 1.807) is 0 Å². The Balaban J connectivity index is 2.38. The van der Waals surface area contributed by atoms with Crippen molar-refractivity contribution in [1.82, 2.24) is 0 Å². The van der Waals surface area contributed by atoms with Crippen molar-refractivity contribution in [1.29, 1.82) is 0 Å². The number of hydrogen-bond donors (Lipinski definition) is 4. The third-order valence-corrected chi connectivity index (χ3v) is 11.4. The van der Waals surface area contributed by atoms with Crippen LogP contribution in [-0.2, 0) is 38.3 Å². The van der Waals surface area contributed by atoms with E-state index in [-0.39, 0.29) is 19.6 Å². The molecule has 13 heteroatoms. The third kappa shape index (κ3) is 30.8. The van der Waals surface area contributed by atoms with Gasteiger partial charge in [0.2, 0.25) is 0 Å². The van der Waals surface area contributed by atoms with E-state index in [9.17, 15) is 28.5 Å². The lowest BCUT2D eigenvalue weighted by molar-refractivity contribution is -0.301. The van der Waals surface area contributed by atoms with Gasteiger partial charge in [0.05, 0.1) is 19.8 Å². The lowest BCUT2D eigenvalue weighted by Gasteiger charge is -2.41. The molecule has 1 rings (SSSR count). The summed E-state index contributed by atoms with van der Waals surface area (Å²) in [5.74, 6) is -0.398. The van der Waals surface area contributed by atoms with Gasteiger partial charge in [0, 0.05) is 13.0 Å². The van der Waals surface area contributed by atoms with Crippen LogP contribution in [0.25, 0.3) is 0 Å². The molecule has 1 aliphatic heterocycles. The zero-order chi connectivity index (χ0) is 42.5. The van der Waals surface area contributed by atoms with Gasteiger partial charge in [0.1, 0.15) is 30.5 Å². The molecule has 4 N–H and O–H groups in total. The van der Waals surface area contributed by atoms with Gasteiger partial charge in [-0.2, -0.15) is 8.42 Å². The summed E-state index contributed by atoms with van der Waals surface area (Å²) in [6.45, 7) is 4.00. The second-order valence-corrected chi connectivity index (χ2v) is 17.4. The zero-order valence-corrected chi connectivity index (χ0v) is 37.4. The van der Waals surface area contributed by atoms with E-state index in [1.807, 2.05) is 0 Å². The van der Waals surface area contributed by atoms with Gasteiger partial charge in [-0.15, -0.1) is 0 Å². The average Bonchev–Trinajstić information content (AvgIpc) is 3.19.